The van der Waals surface area contributed by atoms with Gasteiger partial charge in [0.1, 0.15) is 23.8 Å². The molecule has 2 atom stereocenters. The predicted octanol–water partition coefficient (Wildman–Crippen LogP) is 4.68. The molecule has 0 aromatic heterocycles. The van der Waals surface area contributed by atoms with Crippen LogP contribution in [0, 0.1) is 11.6 Å². The van der Waals surface area contributed by atoms with Crippen LogP contribution < -0.4 is 30.7 Å². The number of morpholine rings is 2. The number of rotatable bonds is 19. The standard InChI is InChI=1S/C31H38FN5O6.C29H36FN5O5/c1-22(38)33-19-26-21-37(31(41)43-26)25-6-7-28(27(32)18-25)35-10-12-36(13-11-35)30(40)9-8-29(39)24-4-2-23(3-5-24)20-34-14-16-42-17-15-34;30-25-17-23(35-20-24(18-31)40-29(35)38)5-6-26(25)33-9-11-34(12-10-33)28(37)8-7-27(36)22-3-1-21(2-4-22)19-32-13-15-39-16-14-32/h2-7,18,26H,8-17,19-21H2,1H3,(H,33,38);1-6,17,24H,7-16,18-20,31H2/t26-;24-/m00/s1. The van der Waals surface area contributed by atoms with Crippen molar-refractivity contribution in [2.24, 2.45) is 5.73 Å². The number of cyclic esters (lactones) is 2. The molecule has 0 saturated carbocycles. The number of hydrogen-bond acceptors (Lipinski definition) is 16. The van der Waals surface area contributed by atoms with Crippen LogP contribution in [-0.2, 0) is 46.4 Å². The van der Waals surface area contributed by atoms with E-state index in [1.54, 1.807) is 34.1 Å². The highest BCUT2D eigenvalue weighted by atomic mass is 19.1. The third kappa shape index (κ3) is 16.2. The number of benzene rings is 4. The minimum Gasteiger partial charge on any atom is -0.443 e. The highest BCUT2D eigenvalue weighted by Crippen LogP contribution is 2.31. The number of hydrogen-bond donors (Lipinski definition) is 2. The van der Waals surface area contributed by atoms with Gasteiger partial charge in [-0.25, -0.2) is 18.4 Å². The van der Waals surface area contributed by atoms with Gasteiger partial charge < -0.3 is 49.6 Å². The molecule has 4 aromatic carbocycles. The summed E-state index contributed by atoms with van der Waals surface area (Å²) in [5, 5.41) is 2.62. The first-order valence-corrected chi connectivity index (χ1v) is 28.6. The number of nitrogens with zero attached hydrogens (tertiary/aromatic N) is 8. The van der Waals surface area contributed by atoms with Gasteiger partial charge in [-0.1, -0.05) is 48.5 Å². The van der Waals surface area contributed by atoms with Gasteiger partial charge in [0.25, 0.3) is 0 Å². The summed E-state index contributed by atoms with van der Waals surface area (Å²) in [4.78, 5) is 101. The van der Waals surface area contributed by atoms with Crippen LogP contribution >= 0.6 is 0 Å². The summed E-state index contributed by atoms with van der Waals surface area (Å²) >= 11 is 0. The van der Waals surface area contributed by atoms with E-state index in [1.165, 1.54) is 28.9 Å². The van der Waals surface area contributed by atoms with Gasteiger partial charge in [-0.3, -0.25) is 43.6 Å². The van der Waals surface area contributed by atoms with Crippen molar-refractivity contribution < 1.29 is 61.3 Å². The monoisotopic (exact) mass is 1150 g/mol. The Hall–Kier alpha value is -7.57. The molecule has 5 amide bonds. The predicted molar refractivity (Wildman–Crippen MR) is 306 cm³/mol. The second-order valence-electron chi connectivity index (χ2n) is 21.4. The van der Waals surface area contributed by atoms with Gasteiger partial charge in [0, 0.05) is 142 Å². The van der Waals surface area contributed by atoms with Gasteiger partial charge in [0.05, 0.1) is 68.8 Å². The summed E-state index contributed by atoms with van der Waals surface area (Å²) in [7, 11) is 0. The van der Waals surface area contributed by atoms with E-state index in [2.05, 4.69) is 15.1 Å². The summed E-state index contributed by atoms with van der Waals surface area (Å²) in [5.74, 6) is -1.41. The van der Waals surface area contributed by atoms with Gasteiger partial charge in [0.2, 0.25) is 17.7 Å². The molecule has 83 heavy (non-hydrogen) atoms. The van der Waals surface area contributed by atoms with Crippen molar-refractivity contribution >= 4 is 64.2 Å². The lowest BCUT2D eigenvalue weighted by Crippen LogP contribution is -2.49. The van der Waals surface area contributed by atoms with Crippen LogP contribution in [0.3, 0.4) is 0 Å². The first-order valence-electron chi connectivity index (χ1n) is 28.6. The Balaban J connectivity index is 0.000000200. The topological polar surface area (TPSA) is 220 Å². The lowest BCUT2D eigenvalue weighted by Gasteiger charge is -2.36. The number of anilines is 4. The van der Waals surface area contributed by atoms with Gasteiger partial charge >= 0.3 is 12.2 Å². The zero-order valence-corrected chi connectivity index (χ0v) is 47.0. The van der Waals surface area contributed by atoms with Gasteiger partial charge in [-0.05, 0) is 47.5 Å². The molecule has 21 nitrogen and oxygen atoms in total. The second kappa shape index (κ2) is 28.6. The summed E-state index contributed by atoms with van der Waals surface area (Å²) < 4.78 is 51.3. The number of carbonyl (C=O) groups excluding carboxylic acids is 7. The molecule has 0 radical (unpaired) electrons. The molecule has 23 heteroatoms. The van der Waals surface area contributed by atoms with E-state index < -0.39 is 36.0 Å². The highest BCUT2D eigenvalue weighted by molar-refractivity contribution is 5.99. The number of ether oxygens (including phenoxy) is 4. The fourth-order valence-corrected chi connectivity index (χ4v) is 10.9. The maximum absolute atomic E-state index is 15.1. The number of nitrogens with one attached hydrogen (secondary N) is 1. The molecular formula is C60H74F2N10O11. The fourth-order valence-electron chi connectivity index (χ4n) is 10.9. The average molecular weight is 1150 g/mol. The molecule has 0 bridgehead atoms. The molecule has 6 aliphatic heterocycles. The molecule has 3 N–H and O–H groups in total. The number of nitrogens with two attached hydrogens (primary N) is 1. The molecule has 10 rings (SSSR count). The van der Waals surface area contributed by atoms with Crippen LogP contribution in [0.25, 0.3) is 0 Å². The second-order valence-corrected chi connectivity index (χ2v) is 21.4. The Morgan fingerprint density at radius 1 is 0.530 bits per heavy atom. The highest BCUT2D eigenvalue weighted by Gasteiger charge is 2.35. The van der Waals surface area contributed by atoms with Crippen LogP contribution in [0.15, 0.2) is 84.9 Å². The van der Waals surface area contributed by atoms with Crippen molar-refractivity contribution in [1.82, 2.24) is 24.9 Å². The van der Waals surface area contributed by atoms with Crippen LogP contribution in [0.1, 0.15) is 64.4 Å². The molecule has 6 heterocycles. The third-order valence-corrected chi connectivity index (χ3v) is 15.7. The molecule has 0 aliphatic carbocycles. The summed E-state index contributed by atoms with van der Waals surface area (Å²) in [6.07, 6.45) is -1.46. The van der Waals surface area contributed by atoms with Crippen molar-refractivity contribution in [3.63, 3.8) is 0 Å². The van der Waals surface area contributed by atoms with Crippen LogP contribution in [-0.4, -0.2) is 204 Å². The number of Topliss-reactive ketones (excluding diaryl/α,β-unsaturated/α-hetero) is 2. The average Bonchev–Trinajstić information content (AvgIpc) is 4.36. The maximum atomic E-state index is 15.1. The molecule has 4 aromatic rings. The van der Waals surface area contributed by atoms with E-state index in [9.17, 15) is 38.0 Å². The van der Waals surface area contributed by atoms with E-state index >= 15 is 4.39 Å². The van der Waals surface area contributed by atoms with E-state index in [1.807, 2.05) is 58.3 Å². The Bertz CT molecular complexity index is 2930. The van der Waals surface area contributed by atoms with Crippen molar-refractivity contribution in [3.8, 4) is 0 Å². The third-order valence-electron chi connectivity index (χ3n) is 15.7. The molecular weight excluding hydrogens is 1070 g/mol. The molecule has 6 aliphatic rings. The zero-order valence-electron chi connectivity index (χ0n) is 47.0. The van der Waals surface area contributed by atoms with Crippen LogP contribution in [0.5, 0.6) is 0 Å². The number of piperazine rings is 2. The van der Waals surface area contributed by atoms with Gasteiger partial charge in [0.15, 0.2) is 11.6 Å². The Morgan fingerprint density at radius 2 is 0.928 bits per heavy atom. The molecule has 0 unspecified atom stereocenters. The van der Waals surface area contributed by atoms with Crippen molar-refractivity contribution in [1.29, 1.82) is 0 Å². The minimum absolute atomic E-state index is 0.0493. The van der Waals surface area contributed by atoms with Gasteiger partial charge in [-0.2, -0.15) is 0 Å². The number of halogens is 2. The lowest BCUT2D eigenvalue weighted by molar-refractivity contribution is -0.132. The summed E-state index contributed by atoms with van der Waals surface area (Å²) in [5.41, 5.74) is 10.7. The number of carbonyl (C=O) groups is 7. The first-order chi connectivity index (χ1) is 40.2. The SMILES string of the molecule is CC(=O)NC[C@H]1CN(c2ccc(N3CCN(C(=O)CCC(=O)c4ccc(CN5CCOCC5)cc4)CC3)c(F)c2)C(=O)O1.NC[C@H]1CN(c2ccc(N3CCN(C(=O)CCC(=O)c4ccc(CN5CCOCC5)cc4)CC3)c(F)c2)C(=O)O1. The lowest BCUT2D eigenvalue weighted by atomic mass is 10.0. The Kier molecular flexibility index (Phi) is 20.7. The van der Waals surface area contributed by atoms with E-state index in [0.717, 1.165) is 76.8 Å². The van der Waals surface area contributed by atoms with Crippen molar-refractivity contribution in [2.75, 3.05) is 151 Å². The smallest absolute Gasteiger partial charge is 0.414 e. The minimum atomic E-state index is -0.589. The Labute approximate surface area is 482 Å². The Morgan fingerprint density at radius 3 is 1.30 bits per heavy atom. The number of ketones is 2. The summed E-state index contributed by atoms with van der Waals surface area (Å²) in [6, 6.07) is 24.5. The van der Waals surface area contributed by atoms with E-state index in [4.69, 9.17) is 24.7 Å². The van der Waals surface area contributed by atoms with Crippen LogP contribution in [0.4, 0.5) is 41.1 Å². The molecule has 6 fully saturated rings. The van der Waals surface area contributed by atoms with Crippen molar-refractivity contribution in [3.05, 3.63) is 119 Å². The van der Waals surface area contributed by atoms with E-state index in [-0.39, 0.29) is 81.2 Å². The van der Waals surface area contributed by atoms with E-state index in [0.29, 0.717) is 86.2 Å². The molecule has 6 saturated heterocycles. The quantitative estimate of drug-likeness (QED) is 0.122. The van der Waals surface area contributed by atoms with Crippen LogP contribution in [0.2, 0.25) is 0 Å². The largest absolute Gasteiger partial charge is 0.443 e. The molecule has 444 valence electrons. The van der Waals surface area contributed by atoms with Crippen molar-refractivity contribution in [2.45, 2.75) is 57.9 Å². The first kappa shape index (κ1) is 60.0. The summed E-state index contributed by atoms with van der Waals surface area (Å²) in [6.45, 7) is 14.1. The van der Waals surface area contributed by atoms with Gasteiger partial charge in [-0.15, -0.1) is 0 Å². The zero-order chi connectivity index (χ0) is 58.4. The maximum Gasteiger partial charge on any atom is 0.414 e. The fraction of sp³-hybridized carbons (Fsp3) is 0.483. The number of amides is 5. The molecule has 0 spiro atoms. The normalized spacial score (nSPS) is 19.7.